The zero-order valence-corrected chi connectivity index (χ0v) is 35.9. The molecule has 0 unspecified atom stereocenters. The number of H-pyrrole nitrogens is 2. The second-order valence-electron chi connectivity index (χ2n) is 16.2. The third-order valence-corrected chi connectivity index (χ3v) is 11.3. The molecule has 5 aromatic rings. The van der Waals surface area contributed by atoms with Crippen molar-refractivity contribution in [3.05, 3.63) is 108 Å². The van der Waals surface area contributed by atoms with E-state index in [1.54, 1.807) is 17.3 Å². The average molecular weight is 832 g/mol. The van der Waals surface area contributed by atoms with E-state index in [2.05, 4.69) is 49.9 Å². The molecule has 322 valence electrons. The molecular formula is C47H57N7O7. The lowest BCUT2D eigenvalue weighted by molar-refractivity contribution is -0.145. The molecule has 3 amide bonds. The van der Waals surface area contributed by atoms with Gasteiger partial charge in [0.1, 0.15) is 23.7 Å². The summed E-state index contributed by atoms with van der Waals surface area (Å²) in [6.45, 7) is 10.4. The zero-order chi connectivity index (χ0) is 43.6. The average Bonchev–Trinajstić information content (AvgIpc) is 4.08. The number of amides is 3. The van der Waals surface area contributed by atoms with Gasteiger partial charge >= 0.3 is 12.1 Å². The molecule has 61 heavy (non-hydrogen) atoms. The minimum atomic E-state index is -0.698. The molecule has 4 N–H and O–H groups in total. The van der Waals surface area contributed by atoms with Crippen LogP contribution in [0, 0.1) is 17.8 Å². The first kappa shape index (κ1) is 44.3. The van der Waals surface area contributed by atoms with Gasteiger partial charge in [-0.1, -0.05) is 107 Å². The fourth-order valence-electron chi connectivity index (χ4n) is 7.63. The molecule has 14 heteroatoms. The van der Waals surface area contributed by atoms with E-state index in [0.29, 0.717) is 24.8 Å². The van der Waals surface area contributed by atoms with Crippen LogP contribution in [0.3, 0.4) is 0 Å². The summed E-state index contributed by atoms with van der Waals surface area (Å²) in [7, 11) is 2.61. The van der Waals surface area contributed by atoms with Crippen molar-refractivity contribution in [3.63, 3.8) is 0 Å². The Morgan fingerprint density at radius 2 is 1.36 bits per heavy atom. The van der Waals surface area contributed by atoms with E-state index < -0.39 is 36.2 Å². The van der Waals surface area contributed by atoms with Gasteiger partial charge in [-0.05, 0) is 59.4 Å². The second-order valence-corrected chi connectivity index (χ2v) is 16.2. The molecule has 14 nitrogen and oxygen atoms in total. The highest BCUT2D eigenvalue weighted by Gasteiger charge is 2.37. The minimum Gasteiger partial charge on any atom is -0.469 e. The lowest BCUT2D eigenvalue weighted by Crippen LogP contribution is -2.51. The van der Waals surface area contributed by atoms with Crippen LogP contribution in [0.1, 0.15) is 83.2 Å². The Hall–Kier alpha value is -6.28. The third-order valence-electron chi connectivity index (χ3n) is 11.3. The quantitative estimate of drug-likeness (QED) is 0.0681. The number of nitrogens with one attached hydrogen (secondary N) is 4. The van der Waals surface area contributed by atoms with E-state index in [-0.39, 0.29) is 36.1 Å². The molecular weight excluding hydrogens is 775 g/mol. The molecule has 1 fully saturated rings. The molecule has 3 aromatic carbocycles. The van der Waals surface area contributed by atoms with Crippen molar-refractivity contribution in [2.45, 2.75) is 84.7 Å². The van der Waals surface area contributed by atoms with E-state index in [4.69, 9.17) is 19.2 Å². The van der Waals surface area contributed by atoms with Gasteiger partial charge in [-0.3, -0.25) is 14.4 Å². The molecule has 0 aliphatic carbocycles. The number of rotatable bonds is 17. The number of imidazole rings is 2. The largest absolute Gasteiger partial charge is 0.469 e. The van der Waals surface area contributed by atoms with Crippen LogP contribution < -0.4 is 10.6 Å². The van der Waals surface area contributed by atoms with Gasteiger partial charge in [-0.25, -0.2) is 14.8 Å². The van der Waals surface area contributed by atoms with Crippen LogP contribution in [0.2, 0.25) is 0 Å². The van der Waals surface area contributed by atoms with E-state index in [0.717, 1.165) is 52.0 Å². The van der Waals surface area contributed by atoms with E-state index in [9.17, 15) is 19.2 Å². The summed E-state index contributed by atoms with van der Waals surface area (Å²) in [5, 5.41) is 5.82. The van der Waals surface area contributed by atoms with Gasteiger partial charge in [0.05, 0.1) is 69.1 Å². The lowest BCUT2D eigenvalue weighted by atomic mass is 9.91. The fraction of sp³-hybridized carbons (Fsp3) is 0.404. The topological polar surface area (TPSA) is 181 Å². The first-order chi connectivity index (χ1) is 29.4. The molecule has 6 rings (SSSR count). The highest BCUT2D eigenvalue weighted by atomic mass is 16.5. The Morgan fingerprint density at radius 1 is 0.754 bits per heavy atom. The number of ether oxygens (including phenoxy) is 3. The number of methoxy groups -OCH3 is 2. The molecule has 5 atom stereocenters. The number of aromatic nitrogens is 4. The summed E-state index contributed by atoms with van der Waals surface area (Å²) >= 11 is 0. The highest BCUT2D eigenvalue weighted by molar-refractivity contribution is 5.86. The van der Waals surface area contributed by atoms with E-state index >= 15 is 0 Å². The number of hydrogen-bond acceptors (Lipinski definition) is 9. The summed E-state index contributed by atoms with van der Waals surface area (Å²) in [6, 6.07) is 24.6. The second kappa shape index (κ2) is 20.3. The number of carbonyl (C=O) groups excluding carboxylic acids is 4. The maximum Gasteiger partial charge on any atom is 0.407 e. The Labute approximate surface area is 357 Å². The summed E-state index contributed by atoms with van der Waals surface area (Å²) in [5.74, 6) is -0.429. The fourth-order valence-corrected chi connectivity index (χ4v) is 7.63. The summed E-state index contributed by atoms with van der Waals surface area (Å²) in [5.41, 5.74) is 6.56. The molecule has 3 heterocycles. The van der Waals surface area contributed by atoms with Gasteiger partial charge in [0.2, 0.25) is 11.8 Å². The van der Waals surface area contributed by atoms with Gasteiger partial charge in [-0.2, -0.15) is 0 Å². The Balaban J connectivity index is 1.14. The van der Waals surface area contributed by atoms with Crippen molar-refractivity contribution in [2.75, 3.05) is 20.8 Å². The van der Waals surface area contributed by atoms with Crippen LogP contribution in [0.25, 0.3) is 33.6 Å². The van der Waals surface area contributed by atoms with Crippen molar-refractivity contribution >= 4 is 23.9 Å². The maximum absolute atomic E-state index is 13.7. The first-order valence-corrected chi connectivity index (χ1v) is 20.9. The molecule has 0 bridgehead atoms. The van der Waals surface area contributed by atoms with Crippen molar-refractivity contribution in [2.24, 2.45) is 17.8 Å². The van der Waals surface area contributed by atoms with Crippen molar-refractivity contribution < 1.29 is 33.4 Å². The maximum atomic E-state index is 13.7. The van der Waals surface area contributed by atoms with Crippen LogP contribution in [-0.4, -0.2) is 81.6 Å². The lowest BCUT2D eigenvalue weighted by Gasteiger charge is -2.30. The predicted octanol–water partition coefficient (Wildman–Crippen LogP) is 7.78. The number of likely N-dealkylation sites (tertiary alicyclic amines) is 1. The molecule has 0 spiro atoms. The Kier molecular flexibility index (Phi) is 14.7. The number of hydrogen-bond donors (Lipinski definition) is 4. The van der Waals surface area contributed by atoms with E-state index in [1.165, 1.54) is 14.2 Å². The predicted molar refractivity (Wildman–Crippen MR) is 231 cm³/mol. The van der Waals surface area contributed by atoms with Crippen LogP contribution in [0.15, 0.2) is 91.3 Å². The van der Waals surface area contributed by atoms with Crippen LogP contribution in [-0.2, 0) is 35.2 Å². The zero-order valence-electron chi connectivity index (χ0n) is 35.9. The molecule has 2 aromatic heterocycles. The van der Waals surface area contributed by atoms with Gasteiger partial charge in [0, 0.05) is 6.54 Å². The van der Waals surface area contributed by atoms with Gasteiger partial charge in [0.15, 0.2) is 0 Å². The normalized spacial score (nSPS) is 15.9. The standard InChI is InChI=1S/C47H57N7O7/c1-28(2)36(24-40(55)59-6)45(56)52-42(30(5)61-27-31-12-9-8-10-13-31)44-49-26-38(51-44)35-21-17-33(18-22-35)32-15-19-34(20-16-32)37-25-48-43(50-37)39-14-11-23-54(39)46(57)41(29(3)4)53-47(58)60-7/h8-10,12-13,15-22,25-26,28-30,36,39,41-42H,11,14,23-24,27H2,1-7H3,(H,48,50)(H,49,51)(H,52,56)(H,53,58)/t30-,36-,39-,41-,42-/m0/s1. The van der Waals surface area contributed by atoms with Crippen molar-refractivity contribution in [3.8, 4) is 33.6 Å². The summed E-state index contributed by atoms with van der Waals surface area (Å²) in [4.78, 5) is 69.4. The van der Waals surface area contributed by atoms with E-state index in [1.807, 2.05) is 89.2 Å². The van der Waals surface area contributed by atoms with Gasteiger partial charge < -0.3 is 39.7 Å². The first-order valence-electron chi connectivity index (χ1n) is 20.9. The SMILES string of the molecule is COC(=O)C[C@H](C(=O)N[C@H](c1ncc(-c2ccc(-c3ccc(-c4cnc([C@@H]5CCCN5C(=O)[C@@H](NC(=O)OC)C(C)C)[nH]4)cc3)cc2)[nH]1)[C@H](C)OCc1ccccc1)C(C)C. The Morgan fingerprint density at radius 3 is 1.95 bits per heavy atom. The number of esters is 1. The van der Waals surface area contributed by atoms with Crippen molar-refractivity contribution in [1.82, 2.24) is 35.5 Å². The van der Waals surface area contributed by atoms with Crippen molar-refractivity contribution in [1.29, 1.82) is 0 Å². The molecule has 1 aliphatic rings. The summed E-state index contributed by atoms with van der Waals surface area (Å²) < 4.78 is 15.9. The van der Waals surface area contributed by atoms with Crippen LogP contribution in [0.4, 0.5) is 4.79 Å². The Bertz CT molecular complexity index is 2230. The van der Waals surface area contributed by atoms with Crippen LogP contribution in [0.5, 0.6) is 0 Å². The highest BCUT2D eigenvalue weighted by Crippen LogP contribution is 2.34. The molecule has 0 saturated carbocycles. The summed E-state index contributed by atoms with van der Waals surface area (Å²) in [6.07, 6.45) is 4.02. The number of benzene rings is 3. The smallest absolute Gasteiger partial charge is 0.407 e. The molecule has 0 radical (unpaired) electrons. The third kappa shape index (κ3) is 10.9. The number of nitrogens with zero attached hydrogens (tertiary/aromatic N) is 3. The number of aromatic amines is 2. The monoisotopic (exact) mass is 831 g/mol. The van der Waals surface area contributed by atoms with Gasteiger partial charge in [-0.15, -0.1) is 0 Å². The number of carbonyl (C=O) groups is 4. The van der Waals surface area contributed by atoms with Crippen LogP contribution >= 0.6 is 0 Å². The van der Waals surface area contributed by atoms with Gasteiger partial charge in [0.25, 0.3) is 0 Å². The molecule has 1 aliphatic heterocycles. The minimum absolute atomic E-state index is 0.0316. The molecule has 1 saturated heterocycles. The number of alkyl carbamates (subject to hydrolysis) is 1.